The standard InChI is InChI=1S/C11H18N4O2S/c1-13-11-15-9(12)8(18-11)10(17)14-7-4-2-3-6(7)5-16/h6-7,16H,2-5,12H2,1H3,(H,13,15)(H,14,17). The first-order valence-corrected chi connectivity index (χ1v) is 6.83. The monoisotopic (exact) mass is 270 g/mol. The third kappa shape index (κ3) is 2.56. The first kappa shape index (κ1) is 13.1. The summed E-state index contributed by atoms with van der Waals surface area (Å²) in [6.07, 6.45) is 2.91. The van der Waals surface area contributed by atoms with Gasteiger partial charge in [-0.15, -0.1) is 0 Å². The van der Waals surface area contributed by atoms with Crippen molar-refractivity contribution in [1.82, 2.24) is 10.3 Å². The van der Waals surface area contributed by atoms with Crippen LogP contribution >= 0.6 is 11.3 Å². The molecular weight excluding hydrogens is 252 g/mol. The smallest absolute Gasteiger partial charge is 0.265 e. The molecule has 1 aliphatic rings. The van der Waals surface area contributed by atoms with Crippen molar-refractivity contribution in [3.63, 3.8) is 0 Å². The molecule has 1 saturated carbocycles. The molecule has 1 heterocycles. The summed E-state index contributed by atoms with van der Waals surface area (Å²) in [5.74, 6) is 0.212. The lowest BCUT2D eigenvalue weighted by Crippen LogP contribution is -2.38. The van der Waals surface area contributed by atoms with Gasteiger partial charge in [-0.05, 0) is 12.8 Å². The molecular formula is C11H18N4O2S. The van der Waals surface area contributed by atoms with Gasteiger partial charge in [-0.1, -0.05) is 17.8 Å². The summed E-state index contributed by atoms with van der Waals surface area (Å²) in [7, 11) is 1.73. The molecule has 0 bridgehead atoms. The predicted octanol–water partition coefficient (Wildman–Crippen LogP) is 0.658. The number of nitrogen functional groups attached to an aromatic ring is 1. The van der Waals surface area contributed by atoms with Crippen molar-refractivity contribution in [3.05, 3.63) is 4.88 Å². The van der Waals surface area contributed by atoms with E-state index >= 15 is 0 Å². The summed E-state index contributed by atoms with van der Waals surface area (Å²) in [6.45, 7) is 0.116. The highest BCUT2D eigenvalue weighted by Crippen LogP contribution is 2.28. The summed E-state index contributed by atoms with van der Waals surface area (Å²) in [5.41, 5.74) is 5.71. The van der Waals surface area contributed by atoms with Gasteiger partial charge in [0, 0.05) is 25.6 Å². The van der Waals surface area contributed by atoms with Gasteiger partial charge in [0.05, 0.1) is 0 Å². The Hall–Kier alpha value is -1.34. The van der Waals surface area contributed by atoms with Crippen LogP contribution in [-0.4, -0.2) is 35.7 Å². The van der Waals surface area contributed by atoms with Gasteiger partial charge >= 0.3 is 0 Å². The maximum atomic E-state index is 12.1. The Morgan fingerprint density at radius 1 is 1.61 bits per heavy atom. The molecule has 2 unspecified atom stereocenters. The molecule has 5 N–H and O–H groups in total. The minimum absolute atomic E-state index is 0.0436. The summed E-state index contributed by atoms with van der Waals surface area (Å²) in [6, 6.07) is 0.0436. The van der Waals surface area contributed by atoms with Crippen LogP contribution in [0.2, 0.25) is 0 Å². The van der Waals surface area contributed by atoms with Crippen LogP contribution in [-0.2, 0) is 0 Å². The molecule has 6 nitrogen and oxygen atoms in total. The third-order valence-corrected chi connectivity index (χ3v) is 4.37. The first-order chi connectivity index (χ1) is 8.65. The van der Waals surface area contributed by atoms with Crippen LogP contribution in [0.4, 0.5) is 10.9 Å². The second-order valence-corrected chi connectivity index (χ2v) is 5.44. The highest BCUT2D eigenvalue weighted by atomic mass is 32.1. The zero-order valence-corrected chi connectivity index (χ0v) is 11.1. The van der Waals surface area contributed by atoms with E-state index in [1.54, 1.807) is 7.05 Å². The maximum absolute atomic E-state index is 12.1. The van der Waals surface area contributed by atoms with Crippen LogP contribution in [0.3, 0.4) is 0 Å². The Morgan fingerprint density at radius 2 is 2.39 bits per heavy atom. The van der Waals surface area contributed by atoms with E-state index in [1.165, 1.54) is 11.3 Å². The Balaban J connectivity index is 2.05. The molecule has 0 saturated heterocycles. The topological polar surface area (TPSA) is 100 Å². The number of hydrogen-bond acceptors (Lipinski definition) is 6. The number of aliphatic hydroxyl groups is 1. The van der Waals surface area contributed by atoms with Gasteiger partial charge in [-0.2, -0.15) is 0 Å². The molecule has 0 radical (unpaired) electrons. The minimum atomic E-state index is -0.197. The van der Waals surface area contributed by atoms with Crippen molar-refractivity contribution in [1.29, 1.82) is 0 Å². The van der Waals surface area contributed by atoms with Crippen molar-refractivity contribution >= 4 is 28.2 Å². The number of nitrogens with zero attached hydrogens (tertiary/aromatic N) is 1. The number of carbonyl (C=O) groups is 1. The average molecular weight is 270 g/mol. The van der Waals surface area contributed by atoms with Crippen molar-refractivity contribution in [2.75, 3.05) is 24.7 Å². The van der Waals surface area contributed by atoms with Crippen molar-refractivity contribution in [2.24, 2.45) is 5.92 Å². The van der Waals surface area contributed by atoms with Gasteiger partial charge in [-0.3, -0.25) is 4.79 Å². The number of hydrogen-bond donors (Lipinski definition) is 4. The van der Waals surface area contributed by atoms with Crippen LogP contribution in [0.15, 0.2) is 0 Å². The Morgan fingerprint density at radius 3 is 3.00 bits per heavy atom. The lowest BCUT2D eigenvalue weighted by atomic mass is 10.1. The highest BCUT2D eigenvalue weighted by Gasteiger charge is 2.29. The van der Waals surface area contributed by atoms with E-state index in [1.807, 2.05) is 0 Å². The number of nitrogens with one attached hydrogen (secondary N) is 2. The van der Waals surface area contributed by atoms with Crippen LogP contribution in [0.5, 0.6) is 0 Å². The first-order valence-electron chi connectivity index (χ1n) is 6.01. The highest BCUT2D eigenvalue weighted by molar-refractivity contribution is 7.18. The molecule has 0 spiro atoms. The van der Waals surface area contributed by atoms with E-state index < -0.39 is 0 Å². The Labute approximate surface area is 110 Å². The molecule has 0 aromatic carbocycles. The molecule has 1 amide bonds. The van der Waals surface area contributed by atoms with Gasteiger partial charge in [0.25, 0.3) is 5.91 Å². The second-order valence-electron chi connectivity index (χ2n) is 4.44. The number of carbonyl (C=O) groups excluding carboxylic acids is 1. The molecule has 2 rings (SSSR count). The van der Waals surface area contributed by atoms with Crippen LogP contribution in [0.1, 0.15) is 28.9 Å². The maximum Gasteiger partial charge on any atom is 0.265 e. The number of thiazole rings is 1. The van der Waals surface area contributed by atoms with E-state index in [-0.39, 0.29) is 30.3 Å². The van der Waals surface area contributed by atoms with Crippen LogP contribution in [0, 0.1) is 5.92 Å². The van der Waals surface area contributed by atoms with E-state index in [0.29, 0.717) is 10.0 Å². The van der Waals surface area contributed by atoms with Crippen LogP contribution < -0.4 is 16.4 Å². The lowest BCUT2D eigenvalue weighted by Gasteiger charge is -2.18. The summed E-state index contributed by atoms with van der Waals surface area (Å²) >= 11 is 1.24. The van der Waals surface area contributed by atoms with E-state index in [0.717, 1.165) is 19.3 Å². The SMILES string of the molecule is CNc1nc(N)c(C(=O)NC2CCCC2CO)s1. The molecule has 18 heavy (non-hydrogen) atoms. The third-order valence-electron chi connectivity index (χ3n) is 3.28. The van der Waals surface area contributed by atoms with E-state index in [4.69, 9.17) is 5.73 Å². The normalized spacial score (nSPS) is 23.0. The van der Waals surface area contributed by atoms with E-state index in [9.17, 15) is 9.90 Å². The number of rotatable bonds is 4. The van der Waals surface area contributed by atoms with Crippen LogP contribution in [0.25, 0.3) is 0 Å². The molecule has 1 aliphatic carbocycles. The van der Waals surface area contributed by atoms with E-state index in [2.05, 4.69) is 15.6 Å². The van der Waals surface area contributed by atoms with Crippen molar-refractivity contribution < 1.29 is 9.90 Å². The minimum Gasteiger partial charge on any atom is -0.396 e. The van der Waals surface area contributed by atoms with Crippen molar-refractivity contribution in [2.45, 2.75) is 25.3 Å². The fraction of sp³-hybridized carbons (Fsp3) is 0.636. The molecule has 1 aromatic heterocycles. The summed E-state index contributed by atoms with van der Waals surface area (Å²) in [5, 5.41) is 15.7. The van der Waals surface area contributed by atoms with Crippen molar-refractivity contribution in [3.8, 4) is 0 Å². The molecule has 100 valence electrons. The Kier molecular flexibility index (Phi) is 4.03. The molecule has 7 heteroatoms. The molecule has 1 fully saturated rings. The predicted molar refractivity (Wildman–Crippen MR) is 71.8 cm³/mol. The zero-order chi connectivity index (χ0) is 13.1. The number of amides is 1. The number of anilines is 2. The van der Waals surface area contributed by atoms with Gasteiger partial charge < -0.3 is 21.5 Å². The van der Waals surface area contributed by atoms with Gasteiger partial charge in [0.1, 0.15) is 10.7 Å². The molecule has 1 aromatic rings. The molecule has 2 atom stereocenters. The number of aliphatic hydroxyl groups excluding tert-OH is 1. The quantitative estimate of drug-likeness (QED) is 0.644. The summed E-state index contributed by atoms with van der Waals surface area (Å²) in [4.78, 5) is 16.6. The van der Waals surface area contributed by atoms with Gasteiger partial charge in [0.15, 0.2) is 5.13 Å². The lowest BCUT2D eigenvalue weighted by molar-refractivity contribution is 0.0921. The van der Waals surface area contributed by atoms with Gasteiger partial charge in [-0.25, -0.2) is 4.98 Å². The zero-order valence-electron chi connectivity index (χ0n) is 10.3. The largest absolute Gasteiger partial charge is 0.396 e. The molecule has 0 aliphatic heterocycles. The Bertz CT molecular complexity index is 435. The second kappa shape index (κ2) is 5.53. The number of nitrogens with two attached hydrogens (primary N) is 1. The fourth-order valence-electron chi connectivity index (χ4n) is 2.28. The summed E-state index contributed by atoms with van der Waals surface area (Å²) < 4.78 is 0. The fourth-order valence-corrected chi connectivity index (χ4v) is 3.02. The van der Waals surface area contributed by atoms with Gasteiger partial charge in [0.2, 0.25) is 0 Å². The number of aromatic nitrogens is 1. The average Bonchev–Trinajstić information content (AvgIpc) is 2.95.